The highest BCUT2D eigenvalue weighted by Crippen LogP contribution is 2.41. The van der Waals surface area contributed by atoms with Crippen molar-refractivity contribution >= 4 is 11.9 Å². The van der Waals surface area contributed by atoms with E-state index in [1.165, 1.54) is 36.4 Å². The zero-order chi connectivity index (χ0) is 20.5. The van der Waals surface area contributed by atoms with Crippen molar-refractivity contribution in [1.82, 2.24) is 0 Å². The highest BCUT2D eigenvalue weighted by Gasteiger charge is 2.33. The van der Waals surface area contributed by atoms with Crippen LogP contribution < -0.4 is 9.47 Å². The van der Waals surface area contributed by atoms with Crippen LogP contribution in [0.15, 0.2) is 66.2 Å². The molecule has 1 atom stereocenters. The van der Waals surface area contributed by atoms with E-state index in [1.54, 1.807) is 37.4 Å². The Morgan fingerprint density at radius 3 is 2.31 bits per heavy atom. The van der Waals surface area contributed by atoms with Gasteiger partial charge in [0.2, 0.25) is 0 Å². The lowest BCUT2D eigenvalue weighted by atomic mass is 9.89. The van der Waals surface area contributed by atoms with Crippen molar-refractivity contribution in [3.63, 3.8) is 0 Å². The molecule has 4 rings (SSSR count). The van der Waals surface area contributed by atoms with Gasteiger partial charge in [-0.25, -0.2) is 0 Å². The number of carbonyl (C=O) groups is 1. The molecule has 0 saturated carbocycles. The molecule has 1 heterocycles. The first kappa shape index (κ1) is 18.4. The number of ether oxygens (including phenoxy) is 2. The van der Waals surface area contributed by atoms with Gasteiger partial charge in [0.15, 0.2) is 11.9 Å². The highest BCUT2D eigenvalue weighted by molar-refractivity contribution is 6.15. The van der Waals surface area contributed by atoms with Gasteiger partial charge in [0.25, 0.3) is 0 Å². The lowest BCUT2D eigenvalue weighted by Crippen LogP contribution is -2.23. The van der Waals surface area contributed by atoms with E-state index >= 15 is 0 Å². The molecule has 0 aliphatic carbocycles. The Balaban J connectivity index is 1.86. The Morgan fingerprint density at radius 2 is 1.62 bits per heavy atom. The van der Waals surface area contributed by atoms with Gasteiger partial charge in [0.05, 0.1) is 12.7 Å². The van der Waals surface area contributed by atoms with E-state index in [0.29, 0.717) is 17.1 Å². The smallest absolute Gasteiger partial charge is 0.196 e. The SMILES string of the molecule is COc1ccc(C2Oc3ccc(O)cc3C(=O)C2=Cc2ccc(O)cc2O)cc1. The van der Waals surface area contributed by atoms with Gasteiger partial charge >= 0.3 is 0 Å². The fourth-order valence-corrected chi connectivity index (χ4v) is 3.25. The van der Waals surface area contributed by atoms with Gasteiger partial charge in [0.1, 0.15) is 28.7 Å². The summed E-state index contributed by atoms with van der Waals surface area (Å²) in [4.78, 5) is 13.2. The van der Waals surface area contributed by atoms with Crippen LogP contribution in [0.5, 0.6) is 28.7 Å². The van der Waals surface area contributed by atoms with Crippen LogP contribution in [-0.2, 0) is 0 Å². The zero-order valence-corrected chi connectivity index (χ0v) is 15.5. The lowest BCUT2D eigenvalue weighted by molar-refractivity contribution is 0.0963. The first-order chi connectivity index (χ1) is 14.0. The molecule has 146 valence electrons. The Kier molecular flexibility index (Phi) is 4.60. The van der Waals surface area contributed by atoms with Gasteiger partial charge in [-0.15, -0.1) is 0 Å². The second-order valence-corrected chi connectivity index (χ2v) is 6.62. The summed E-state index contributed by atoms with van der Waals surface area (Å²) in [5, 5.41) is 29.5. The largest absolute Gasteiger partial charge is 0.508 e. The normalized spacial score (nSPS) is 16.9. The first-order valence-electron chi connectivity index (χ1n) is 8.88. The topological polar surface area (TPSA) is 96.2 Å². The minimum atomic E-state index is -0.723. The average molecular weight is 390 g/mol. The van der Waals surface area contributed by atoms with Crippen molar-refractivity contribution < 1.29 is 29.6 Å². The molecule has 3 N–H and O–H groups in total. The summed E-state index contributed by atoms with van der Waals surface area (Å²) in [6, 6.07) is 15.6. The van der Waals surface area contributed by atoms with Gasteiger partial charge in [0, 0.05) is 17.2 Å². The van der Waals surface area contributed by atoms with E-state index in [9.17, 15) is 20.1 Å². The van der Waals surface area contributed by atoms with Crippen LogP contribution >= 0.6 is 0 Å². The second-order valence-electron chi connectivity index (χ2n) is 6.62. The maximum atomic E-state index is 13.2. The Labute approximate surface area is 166 Å². The van der Waals surface area contributed by atoms with Crippen LogP contribution in [0.25, 0.3) is 6.08 Å². The summed E-state index contributed by atoms with van der Waals surface area (Å²) in [5.41, 5.74) is 1.60. The molecule has 6 heteroatoms. The molecule has 0 fully saturated rings. The predicted octanol–water partition coefficient (Wildman–Crippen LogP) is 4.21. The first-order valence-corrected chi connectivity index (χ1v) is 8.88. The Morgan fingerprint density at radius 1 is 0.931 bits per heavy atom. The number of Topliss-reactive ketones (excluding diaryl/α,β-unsaturated/α-hetero) is 1. The molecule has 1 unspecified atom stereocenters. The number of hydrogen-bond donors (Lipinski definition) is 3. The number of rotatable bonds is 3. The number of phenols is 3. The summed E-state index contributed by atoms with van der Waals surface area (Å²) < 4.78 is 11.3. The molecule has 1 aliphatic heterocycles. The van der Waals surface area contributed by atoms with Crippen molar-refractivity contribution in [3.05, 3.63) is 82.9 Å². The van der Waals surface area contributed by atoms with Crippen molar-refractivity contribution in [2.45, 2.75) is 6.10 Å². The van der Waals surface area contributed by atoms with Gasteiger partial charge in [-0.05, 0) is 54.1 Å². The van der Waals surface area contributed by atoms with Crippen LogP contribution in [0.3, 0.4) is 0 Å². The van der Waals surface area contributed by atoms with Crippen LogP contribution in [-0.4, -0.2) is 28.2 Å². The van der Waals surface area contributed by atoms with E-state index < -0.39 is 6.10 Å². The Bertz CT molecular complexity index is 1110. The van der Waals surface area contributed by atoms with E-state index in [4.69, 9.17) is 9.47 Å². The van der Waals surface area contributed by atoms with Crippen LogP contribution in [0.1, 0.15) is 27.6 Å². The maximum Gasteiger partial charge on any atom is 0.196 e. The van der Waals surface area contributed by atoms with Crippen molar-refractivity contribution in [1.29, 1.82) is 0 Å². The van der Waals surface area contributed by atoms with Crippen LogP contribution in [0, 0.1) is 0 Å². The van der Waals surface area contributed by atoms with E-state index in [2.05, 4.69) is 0 Å². The van der Waals surface area contributed by atoms with Gasteiger partial charge in [-0.2, -0.15) is 0 Å². The number of phenolic OH excluding ortho intramolecular Hbond substituents is 3. The number of ketones is 1. The molecule has 3 aromatic rings. The molecule has 3 aromatic carbocycles. The molecule has 0 bridgehead atoms. The maximum absolute atomic E-state index is 13.2. The number of hydrogen-bond acceptors (Lipinski definition) is 6. The van der Waals surface area contributed by atoms with Crippen molar-refractivity contribution in [2.75, 3.05) is 7.11 Å². The molecule has 0 aromatic heterocycles. The lowest BCUT2D eigenvalue weighted by Gasteiger charge is -2.28. The molecule has 6 nitrogen and oxygen atoms in total. The quantitative estimate of drug-likeness (QED) is 0.580. The van der Waals surface area contributed by atoms with Gasteiger partial charge in [-0.3, -0.25) is 4.79 Å². The van der Waals surface area contributed by atoms with E-state index in [1.807, 2.05) is 0 Å². The number of benzene rings is 3. The molecule has 0 spiro atoms. The number of aromatic hydroxyl groups is 3. The molecule has 29 heavy (non-hydrogen) atoms. The minimum Gasteiger partial charge on any atom is -0.508 e. The van der Waals surface area contributed by atoms with Gasteiger partial charge < -0.3 is 24.8 Å². The van der Waals surface area contributed by atoms with Gasteiger partial charge in [-0.1, -0.05) is 12.1 Å². The summed E-state index contributed by atoms with van der Waals surface area (Å²) in [6.45, 7) is 0. The molecule has 0 radical (unpaired) electrons. The molecule has 1 aliphatic rings. The van der Waals surface area contributed by atoms with E-state index in [-0.39, 0.29) is 34.2 Å². The fraction of sp³-hybridized carbons (Fsp3) is 0.0870. The third-order valence-electron chi connectivity index (χ3n) is 4.74. The zero-order valence-electron chi connectivity index (χ0n) is 15.5. The van der Waals surface area contributed by atoms with Crippen molar-refractivity contribution in [2.24, 2.45) is 0 Å². The minimum absolute atomic E-state index is 0.0459. The third-order valence-corrected chi connectivity index (χ3v) is 4.74. The average Bonchev–Trinajstić information content (AvgIpc) is 2.72. The van der Waals surface area contributed by atoms with Crippen molar-refractivity contribution in [3.8, 4) is 28.7 Å². The monoisotopic (exact) mass is 390 g/mol. The summed E-state index contributed by atoms with van der Waals surface area (Å²) in [6.07, 6.45) is 0.803. The summed E-state index contributed by atoms with van der Waals surface area (Å²) >= 11 is 0. The summed E-state index contributed by atoms with van der Waals surface area (Å²) in [7, 11) is 1.57. The number of methoxy groups -OCH3 is 1. The summed E-state index contributed by atoms with van der Waals surface area (Å²) in [5.74, 6) is 0.410. The fourth-order valence-electron chi connectivity index (χ4n) is 3.25. The standard InChI is InChI=1S/C23H18O6/c1-28-17-7-3-13(4-8-17)23-19(10-14-2-5-16(25)12-20(14)26)22(27)18-11-15(24)6-9-21(18)29-23/h2-12,23-26H,1H3. The number of fused-ring (bicyclic) bond motifs is 1. The van der Waals surface area contributed by atoms with Crippen LogP contribution in [0.2, 0.25) is 0 Å². The Hall–Kier alpha value is -3.93. The van der Waals surface area contributed by atoms with Crippen LogP contribution in [0.4, 0.5) is 0 Å². The molecule has 0 saturated heterocycles. The predicted molar refractivity (Wildman–Crippen MR) is 107 cm³/mol. The molecular weight excluding hydrogens is 372 g/mol. The molecule has 0 amide bonds. The second kappa shape index (κ2) is 7.24. The molecular formula is C23H18O6. The number of carbonyl (C=O) groups excluding carboxylic acids is 1. The third kappa shape index (κ3) is 3.48. The van der Waals surface area contributed by atoms with E-state index in [0.717, 1.165) is 5.56 Å². The highest BCUT2D eigenvalue weighted by atomic mass is 16.5.